The molecule has 10 heteroatoms. The zero-order chi connectivity index (χ0) is 17.1. The lowest BCUT2D eigenvalue weighted by Gasteiger charge is -2.15. The van der Waals surface area contributed by atoms with Gasteiger partial charge in [-0.15, -0.1) is 0 Å². The van der Waals surface area contributed by atoms with Crippen molar-refractivity contribution in [3.63, 3.8) is 0 Å². The molecule has 0 aliphatic heterocycles. The Bertz CT molecular complexity index is 659. The Morgan fingerprint density at radius 3 is 2.36 bits per heavy atom. The number of carbonyl (C=O) groups is 1. The predicted molar refractivity (Wildman–Crippen MR) is 75.4 cm³/mol. The van der Waals surface area contributed by atoms with Crippen LogP contribution in [-0.4, -0.2) is 38.5 Å². The summed E-state index contributed by atoms with van der Waals surface area (Å²) in [5.41, 5.74) is 4.49. The Morgan fingerprint density at radius 1 is 1.32 bits per heavy atom. The van der Waals surface area contributed by atoms with E-state index in [9.17, 15) is 26.4 Å². The molecule has 0 fully saturated rings. The number of halogens is 3. The summed E-state index contributed by atoms with van der Waals surface area (Å²) in [4.78, 5) is 11.7. The third kappa shape index (κ3) is 5.28. The highest BCUT2D eigenvalue weighted by Crippen LogP contribution is 2.31. The number of hydrogen-bond donors (Lipinski definition) is 2. The first kappa shape index (κ1) is 18.4. The van der Waals surface area contributed by atoms with E-state index in [4.69, 9.17) is 5.73 Å². The molecule has 1 aromatic rings. The lowest BCUT2D eigenvalue weighted by molar-refractivity contribution is -0.137. The van der Waals surface area contributed by atoms with E-state index in [0.29, 0.717) is 0 Å². The summed E-state index contributed by atoms with van der Waals surface area (Å²) in [6.07, 6.45) is -3.66. The highest BCUT2D eigenvalue weighted by atomic mass is 32.2. The average molecular weight is 339 g/mol. The highest BCUT2D eigenvalue weighted by molar-refractivity contribution is 7.88. The topological polar surface area (TPSA) is 92.5 Å². The minimum atomic E-state index is -4.58. The van der Waals surface area contributed by atoms with Gasteiger partial charge < -0.3 is 11.1 Å². The van der Waals surface area contributed by atoms with Gasteiger partial charge in [0, 0.05) is 19.3 Å². The minimum Gasteiger partial charge on any atom is -0.326 e. The Balaban J connectivity index is 2.96. The number of alkyl halides is 3. The van der Waals surface area contributed by atoms with Gasteiger partial charge in [0.25, 0.3) is 0 Å². The zero-order valence-electron chi connectivity index (χ0n) is 11.9. The molecule has 0 aromatic heterocycles. The molecule has 0 aliphatic carbocycles. The number of likely N-dealkylation sites (N-methyl/N-ethyl adjacent to an activating group) is 1. The van der Waals surface area contributed by atoms with Crippen molar-refractivity contribution >= 4 is 21.6 Å². The fraction of sp³-hybridized carbons (Fsp3) is 0.417. The molecular formula is C12H16F3N3O3S. The average Bonchev–Trinajstić information content (AvgIpc) is 2.35. The standard InChI is InChI=1S/C12H16F3N3O3S/c1-18(22(2,20)21)7-11(19)17-10-4-8(6-16)3-9(5-10)12(13,14)15/h3-5H,6-7,16H2,1-2H3,(H,17,19). The summed E-state index contributed by atoms with van der Waals surface area (Å²) in [5, 5.41) is 2.23. The summed E-state index contributed by atoms with van der Waals surface area (Å²) in [5.74, 6) is -0.754. The molecule has 22 heavy (non-hydrogen) atoms. The van der Waals surface area contributed by atoms with Crippen LogP contribution in [0.3, 0.4) is 0 Å². The van der Waals surface area contributed by atoms with Crippen LogP contribution in [0.4, 0.5) is 18.9 Å². The van der Waals surface area contributed by atoms with Crippen LogP contribution in [0.25, 0.3) is 0 Å². The van der Waals surface area contributed by atoms with Crippen molar-refractivity contribution in [1.29, 1.82) is 0 Å². The van der Waals surface area contributed by atoms with Gasteiger partial charge in [-0.3, -0.25) is 4.79 Å². The van der Waals surface area contributed by atoms with Crippen LogP contribution >= 0.6 is 0 Å². The summed E-state index contributed by atoms with van der Waals surface area (Å²) in [7, 11) is -2.38. The van der Waals surface area contributed by atoms with Gasteiger partial charge in [0.2, 0.25) is 15.9 Å². The Kier molecular flexibility index (Phi) is 5.54. The van der Waals surface area contributed by atoms with E-state index >= 15 is 0 Å². The molecule has 0 saturated carbocycles. The van der Waals surface area contributed by atoms with Gasteiger partial charge in [-0.05, 0) is 23.8 Å². The number of carbonyl (C=O) groups excluding carboxylic acids is 1. The van der Waals surface area contributed by atoms with Crippen LogP contribution in [-0.2, 0) is 27.5 Å². The fourth-order valence-corrected chi connectivity index (χ4v) is 1.92. The first-order valence-electron chi connectivity index (χ1n) is 6.06. The number of rotatable bonds is 5. The molecule has 1 aromatic carbocycles. The van der Waals surface area contributed by atoms with Crippen LogP contribution < -0.4 is 11.1 Å². The summed E-state index contributed by atoms with van der Waals surface area (Å²) in [6.45, 7) is -0.636. The molecule has 124 valence electrons. The van der Waals surface area contributed by atoms with Crippen LogP contribution in [0.5, 0.6) is 0 Å². The second kappa shape index (κ2) is 6.63. The Labute approximate surface area is 126 Å². The molecular weight excluding hydrogens is 323 g/mol. The Hall–Kier alpha value is -1.65. The van der Waals surface area contributed by atoms with Crippen LogP contribution in [0.15, 0.2) is 18.2 Å². The lowest BCUT2D eigenvalue weighted by Crippen LogP contribution is -2.34. The van der Waals surface area contributed by atoms with Crippen molar-refractivity contribution in [2.75, 3.05) is 25.2 Å². The Morgan fingerprint density at radius 2 is 1.91 bits per heavy atom. The normalized spacial score (nSPS) is 12.5. The monoisotopic (exact) mass is 339 g/mol. The van der Waals surface area contributed by atoms with Gasteiger partial charge in [-0.2, -0.15) is 17.5 Å². The number of hydrogen-bond acceptors (Lipinski definition) is 4. The van der Waals surface area contributed by atoms with E-state index in [0.717, 1.165) is 22.7 Å². The van der Waals surface area contributed by atoms with Crippen LogP contribution in [0.1, 0.15) is 11.1 Å². The minimum absolute atomic E-state index is 0.0952. The molecule has 0 unspecified atom stereocenters. The number of nitrogens with zero attached hydrogens (tertiary/aromatic N) is 1. The highest BCUT2D eigenvalue weighted by Gasteiger charge is 2.31. The van der Waals surface area contributed by atoms with E-state index in [1.807, 2.05) is 0 Å². The van der Waals surface area contributed by atoms with Crippen LogP contribution in [0, 0.1) is 0 Å². The molecule has 0 aliphatic rings. The summed E-state index contributed by atoms with van der Waals surface area (Å²) >= 11 is 0. The van der Waals surface area contributed by atoms with E-state index in [2.05, 4.69) is 5.32 Å². The van der Waals surface area contributed by atoms with Gasteiger partial charge in [-0.25, -0.2) is 8.42 Å². The van der Waals surface area contributed by atoms with Crippen molar-refractivity contribution in [3.8, 4) is 0 Å². The lowest BCUT2D eigenvalue weighted by atomic mass is 10.1. The molecule has 3 N–H and O–H groups in total. The SMILES string of the molecule is CN(CC(=O)Nc1cc(CN)cc(C(F)(F)F)c1)S(C)(=O)=O. The van der Waals surface area contributed by atoms with Gasteiger partial charge in [0.05, 0.1) is 18.4 Å². The number of nitrogens with two attached hydrogens (primary N) is 1. The molecule has 0 spiro atoms. The molecule has 1 rings (SSSR count). The van der Waals surface area contributed by atoms with Gasteiger partial charge >= 0.3 is 6.18 Å². The van der Waals surface area contributed by atoms with E-state index in [-0.39, 0.29) is 17.8 Å². The maximum Gasteiger partial charge on any atom is 0.416 e. The van der Waals surface area contributed by atoms with Crippen molar-refractivity contribution < 1.29 is 26.4 Å². The van der Waals surface area contributed by atoms with Crippen molar-refractivity contribution in [1.82, 2.24) is 4.31 Å². The second-order valence-corrected chi connectivity index (χ2v) is 6.78. The number of anilines is 1. The molecule has 0 bridgehead atoms. The molecule has 0 heterocycles. The molecule has 0 saturated heterocycles. The smallest absolute Gasteiger partial charge is 0.326 e. The van der Waals surface area contributed by atoms with E-state index in [1.165, 1.54) is 13.1 Å². The number of benzene rings is 1. The number of amides is 1. The summed E-state index contributed by atoms with van der Waals surface area (Å²) < 4.78 is 61.4. The first-order valence-corrected chi connectivity index (χ1v) is 7.90. The zero-order valence-corrected chi connectivity index (χ0v) is 12.8. The number of nitrogens with one attached hydrogen (secondary N) is 1. The van der Waals surface area contributed by atoms with Crippen molar-refractivity contribution in [3.05, 3.63) is 29.3 Å². The third-order valence-electron chi connectivity index (χ3n) is 2.77. The third-order valence-corrected chi connectivity index (χ3v) is 4.03. The van der Waals surface area contributed by atoms with Gasteiger partial charge in [-0.1, -0.05) is 0 Å². The van der Waals surface area contributed by atoms with Gasteiger partial charge in [0.15, 0.2) is 0 Å². The maximum atomic E-state index is 12.7. The quantitative estimate of drug-likeness (QED) is 0.837. The van der Waals surface area contributed by atoms with E-state index in [1.54, 1.807) is 0 Å². The number of sulfonamides is 1. The first-order chi connectivity index (χ1) is 9.93. The molecule has 0 atom stereocenters. The second-order valence-electron chi connectivity index (χ2n) is 4.69. The van der Waals surface area contributed by atoms with Crippen molar-refractivity contribution in [2.24, 2.45) is 5.73 Å². The molecule has 6 nitrogen and oxygen atoms in total. The molecule has 1 amide bonds. The summed E-state index contributed by atoms with van der Waals surface area (Å²) in [6, 6.07) is 2.95. The molecule has 0 radical (unpaired) electrons. The maximum absolute atomic E-state index is 12.7. The van der Waals surface area contributed by atoms with Crippen LogP contribution in [0.2, 0.25) is 0 Å². The van der Waals surface area contributed by atoms with Crippen molar-refractivity contribution in [2.45, 2.75) is 12.7 Å². The van der Waals surface area contributed by atoms with Gasteiger partial charge in [0.1, 0.15) is 0 Å². The predicted octanol–water partition coefficient (Wildman–Crippen LogP) is 0.994. The largest absolute Gasteiger partial charge is 0.416 e. The van der Waals surface area contributed by atoms with E-state index < -0.39 is 34.2 Å². The fourth-order valence-electron chi connectivity index (χ4n) is 1.57.